The molecule has 0 aliphatic carbocycles. The Balaban J connectivity index is 1.61. The molecule has 2 amide bonds. The monoisotopic (exact) mass is 399 g/mol. The van der Waals surface area contributed by atoms with Gasteiger partial charge in [0, 0.05) is 30.0 Å². The van der Waals surface area contributed by atoms with E-state index in [1.54, 1.807) is 12.4 Å². The summed E-state index contributed by atoms with van der Waals surface area (Å²) in [6.45, 7) is 4.69. The fourth-order valence-corrected chi connectivity index (χ4v) is 3.43. The third-order valence-electron chi connectivity index (χ3n) is 5.42. The highest BCUT2D eigenvalue weighted by Crippen LogP contribution is 2.24. The molecule has 0 saturated carbocycles. The summed E-state index contributed by atoms with van der Waals surface area (Å²) in [4.78, 5) is 18.1. The summed E-state index contributed by atoms with van der Waals surface area (Å²) in [6, 6.07) is 5.88. The first-order valence-electron chi connectivity index (χ1n) is 9.80. The van der Waals surface area contributed by atoms with Gasteiger partial charge in [-0.05, 0) is 48.6 Å². The van der Waals surface area contributed by atoms with Crippen molar-refractivity contribution in [3.63, 3.8) is 0 Å². The van der Waals surface area contributed by atoms with Crippen LogP contribution in [0, 0.1) is 5.82 Å². The zero-order valence-electron chi connectivity index (χ0n) is 16.4. The average Bonchev–Trinajstić information content (AvgIpc) is 3.34. The van der Waals surface area contributed by atoms with E-state index in [4.69, 9.17) is 0 Å². The van der Waals surface area contributed by atoms with E-state index in [9.17, 15) is 13.6 Å². The number of carbonyl (C=O) groups excluding carboxylic acids is 1. The highest BCUT2D eigenvalue weighted by Gasteiger charge is 2.26. The summed E-state index contributed by atoms with van der Waals surface area (Å²) >= 11 is 0. The number of urea groups is 1. The molecule has 0 radical (unpaired) electrons. The number of pyridine rings is 1. The van der Waals surface area contributed by atoms with Crippen molar-refractivity contribution in [2.45, 2.75) is 38.8 Å². The van der Waals surface area contributed by atoms with Crippen LogP contribution in [-0.2, 0) is 0 Å². The molecule has 1 unspecified atom stereocenters. The molecule has 1 saturated heterocycles. The van der Waals surface area contributed by atoms with Crippen molar-refractivity contribution in [1.82, 2.24) is 19.7 Å². The van der Waals surface area contributed by atoms with E-state index in [2.05, 4.69) is 29.2 Å². The van der Waals surface area contributed by atoms with Gasteiger partial charge in [0.25, 0.3) is 0 Å². The van der Waals surface area contributed by atoms with Crippen molar-refractivity contribution in [3.8, 4) is 5.69 Å². The fourth-order valence-electron chi connectivity index (χ4n) is 3.43. The third kappa shape index (κ3) is 3.92. The molecule has 0 spiro atoms. The van der Waals surface area contributed by atoms with Gasteiger partial charge in [-0.1, -0.05) is 13.8 Å². The number of likely N-dealkylation sites (tertiary alicyclic amines) is 1. The number of fused-ring (bicyclic) bond motifs is 1. The molecule has 1 N–H and O–H groups in total. The maximum absolute atomic E-state index is 14.5. The maximum atomic E-state index is 14.5. The highest BCUT2D eigenvalue weighted by atomic mass is 19.1. The number of alkyl halides is 1. The van der Waals surface area contributed by atoms with Crippen LogP contribution >= 0.6 is 0 Å². The number of benzene rings is 1. The van der Waals surface area contributed by atoms with E-state index in [1.165, 1.54) is 27.8 Å². The molecule has 29 heavy (non-hydrogen) atoms. The first-order chi connectivity index (χ1) is 13.9. The predicted molar refractivity (Wildman–Crippen MR) is 108 cm³/mol. The quantitative estimate of drug-likeness (QED) is 0.695. The smallest absolute Gasteiger partial charge is 0.321 e. The van der Waals surface area contributed by atoms with Gasteiger partial charge in [0.1, 0.15) is 17.7 Å². The molecule has 4 rings (SSSR count). The van der Waals surface area contributed by atoms with Gasteiger partial charge in [0.05, 0.1) is 6.54 Å². The summed E-state index contributed by atoms with van der Waals surface area (Å²) in [5.74, 6) is -0.0945. The van der Waals surface area contributed by atoms with Crippen LogP contribution in [0.1, 0.15) is 38.2 Å². The Morgan fingerprint density at radius 3 is 2.93 bits per heavy atom. The Labute approximate surface area is 167 Å². The average molecular weight is 399 g/mol. The number of amides is 2. The van der Waals surface area contributed by atoms with Gasteiger partial charge in [-0.25, -0.2) is 23.2 Å². The van der Waals surface area contributed by atoms with Crippen LogP contribution in [0.25, 0.3) is 16.7 Å². The standard InChI is InChI=1S/C21H23F2N5O/c1-3-13(2)14-8-15-11-28(26-20(15)24-10-14)19-9-17(4-5-18(19)23)25-21(29)27-7-6-16(22)12-27/h4-5,8-11,13,16H,3,6-7,12H2,1-2H3,(H,25,29)/t13?,16-/m1/s1. The number of aromatic nitrogens is 3. The number of carbonyl (C=O) groups is 1. The lowest BCUT2D eigenvalue weighted by molar-refractivity contribution is 0.218. The van der Waals surface area contributed by atoms with Crippen LogP contribution in [0.5, 0.6) is 0 Å². The zero-order valence-corrected chi connectivity index (χ0v) is 16.4. The van der Waals surface area contributed by atoms with Crippen molar-refractivity contribution < 1.29 is 13.6 Å². The summed E-state index contributed by atoms with van der Waals surface area (Å²) in [6.07, 6.45) is 3.88. The van der Waals surface area contributed by atoms with Gasteiger partial charge in [0.15, 0.2) is 5.65 Å². The van der Waals surface area contributed by atoms with E-state index < -0.39 is 18.0 Å². The lowest BCUT2D eigenvalue weighted by Gasteiger charge is -2.16. The molecule has 8 heteroatoms. The first kappa shape index (κ1) is 19.3. The minimum atomic E-state index is -0.992. The molecule has 6 nitrogen and oxygen atoms in total. The summed E-state index contributed by atoms with van der Waals surface area (Å²) in [5.41, 5.74) is 2.26. The van der Waals surface area contributed by atoms with Crippen molar-refractivity contribution in [3.05, 3.63) is 48.0 Å². The highest BCUT2D eigenvalue weighted by molar-refractivity contribution is 5.90. The zero-order chi connectivity index (χ0) is 20.5. The van der Waals surface area contributed by atoms with E-state index in [0.29, 0.717) is 30.2 Å². The molecule has 3 aromatic rings. The predicted octanol–water partition coefficient (Wildman–Crippen LogP) is 4.65. The van der Waals surface area contributed by atoms with Gasteiger partial charge in [-0.3, -0.25) is 0 Å². The van der Waals surface area contributed by atoms with Crippen molar-refractivity contribution in [2.24, 2.45) is 0 Å². The van der Waals surface area contributed by atoms with Crippen molar-refractivity contribution in [1.29, 1.82) is 0 Å². The van der Waals surface area contributed by atoms with Crippen LogP contribution < -0.4 is 5.32 Å². The van der Waals surface area contributed by atoms with Gasteiger partial charge < -0.3 is 10.2 Å². The maximum Gasteiger partial charge on any atom is 0.321 e. The lowest BCUT2D eigenvalue weighted by Crippen LogP contribution is -2.33. The topological polar surface area (TPSA) is 63.1 Å². The molecule has 1 fully saturated rings. The molecular weight excluding hydrogens is 376 g/mol. The Morgan fingerprint density at radius 1 is 1.38 bits per heavy atom. The molecule has 3 heterocycles. The second-order valence-corrected chi connectivity index (χ2v) is 7.49. The van der Waals surface area contributed by atoms with E-state index in [-0.39, 0.29) is 12.2 Å². The molecular formula is C21H23F2N5O. The molecule has 1 aliphatic heterocycles. The van der Waals surface area contributed by atoms with E-state index >= 15 is 0 Å². The van der Waals surface area contributed by atoms with Crippen LogP contribution in [0.2, 0.25) is 0 Å². The number of hydrogen-bond donors (Lipinski definition) is 1. The summed E-state index contributed by atoms with van der Waals surface area (Å²) in [7, 11) is 0. The van der Waals surface area contributed by atoms with Crippen LogP contribution in [0.3, 0.4) is 0 Å². The Kier molecular flexibility index (Phi) is 5.17. The number of nitrogens with one attached hydrogen (secondary N) is 1. The molecule has 2 aromatic heterocycles. The Hall–Kier alpha value is -3.03. The Bertz CT molecular complexity index is 1050. The van der Waals surface area contributed by atoms with Crippen LogP contribution in [0.15, 0.2) is 36.7 Å². The van der Waals surface area contributed by atoms with E-state index in [0.717, 1.165) is 17.4 Å². The number of nitrogens with zero attached hydrogens (tertiary/aromatic N) is 4. The number of halogens is 2. The number of anilines is 1. The fraction of sp³-hybridized carbons (Fsp3) is 0.381. The molecule has 152 valence electrons. The molecule has 1 aliphatic rings. The van der Waals surface area contributed by atoms with Crippen molar-refractivity contribution in [2.75, 3.05) is 18.4 Å². The van der Waals surface area contributed by atoms with E-state index in [1.807, 2.05) is 6.07 Å². The number of hydrogen-bond acceptors (Lipinski definition) is 3. The second-order valence-electron chi connectivity index (χ2n) is 7.49. The molecule has 1 aromatic carbocycles. The Morgan fingerprint density at radius 2 is 2.21 bits per heavy atom. The van der Waals surface area contributed by atoms with Crippen LogP contribution in [-0.4, -0.2) is 45.0 Å². The van der Waals surface area contributed by atoms with Crippen molar-refractivity contribution >= 4 is 22.8 Å². The molecule has 0 bridgehead atoms. The molecule has 2 atom stereocenters. The first-order valence-corrected chi connectivity index (χ1v) is 9.80. The van der Waals surface area contributed by atoms with Gasteiger partial charge >= 0.3 is 6.03 Å². The normalized spacial score (nSPS) is 17.7. The van der Waals surface area contributed by atoms with Gasteiger partial charge in [0.2, 0.25) is 0 Å². The third-order valence-corrected chi connectivity index (χ3v) is 5.42. The van der Waals surface area contributed by atoms with Gasteiger partial charge in [-0.15, -0.1) is 5.10 Å². The van der Waals surface area contributed by atoms with Gasteiger partial charge in [-0.2, -0.15) is 0 Å². The second kappa shape index (κ2) is 7.77. The largest absolute Gasteiger partial charge is 0.322 e. The van der Waals surface area contributed by atoms with Crippen LogP contribution in [0.4, 0.5) is 19.3 Å². The minimum Gasteiger partial charge on any atom is -0.322 e. The minimum absolute atomic E-state index is 0.0780. The summed E-state index contributed by atoms with van der Waals surface area (Å²) in [5, 5.41) is 7.90. The lowest BCUT2D eigenvalue weighted by atomic mass is 10.0. The summed E-state index contributed by atoms with van der Waals surface area (Å²) < 4.78 is 29.2. The number of rotatable bonds is 4. The SMILES string of the molecule is CCC(C)c1cnc2nn(-c3cc(NC(=O)N4CC[C@@H](F)C4)ccc3F)cc2c1.